The Labute approximate surface area is 149 Å². The van der Waals surface area contributed by atoms with E-state index in [-0.39, 0.29) is 0 Å². The lowest BCUT2D eigenvalue weighted by atomic mass is 10.1. The summed E-state index contributed by atoms with van der Waals surface area (Å²) in [6.45, 7) is 7.27. The number of piperazine rings is 1. The molecular weight excluding hydrogens is 310 g/mol. The third-order valence-electron chi connectivity index (χ3n) is 4.97. The molecule has 130 valence electrons. The molecule has 1 saturated heterocycles. The number of aryl methyl sites for hydroxylation is 1. The minimum absolute atomic E-state index is 0.847. The van der Waals surface area contributed by atoms with Gasteiger partial charge in [0.05, 0.1) is 11.4 Å². The van der Waals surface area contributed by atoms with E-state index in [1.54, 1.807) is 6.26 Å². The van der Waals surface area contributed by atoms with Crippen molar-refractivity contribution in [1.82, 2.24) is 4.90 Å². The minimum atomic E-state index is 0.847. The average Bonchev–Trinajstić information content (AvgIpc) is 2.63. The van der Waals surface area contributed by atoms with Crippen LogP contribution in [0.2, 0.25) is 0 Å². The predicted octanol–water partition coefficient (Wildman–Crippen LogP) is 3.62. The van der Waals surface area contributed by atoms with E-state index < -0.39 is 0 Å². The maximum absolute atomic E-state index is 5.98. The van der Waals surface area contributed by atoms with Gasteiger partial charge in [0.1, 0.15) is 6.26 Å². The number of ether oxygens (including phenoxy) is 1. The number of fused-ring (bicyclic) bond motifs is 1. The first-order chi connectivity index (χ1) is 12.2. The highest BCUT2D eigenvalue weighted by Crippen LogP contribution is 2.42. The van der Waals surface area contributed by atoms with Gasteiger partial charge in [-0.2, -0.15) is 0 Å². The van der Waals surface area contributed by atoms with E-state index >= 15 is 0 Å². The topological polar surface area (TPSA) is 19.0 Å². The van der Waals surface area contributed by atoms with Crippen molar-refractivity contribution in [2.24, 2.45) is 0 Å². The van der Waals surface area contributed by atoms with Gasteiger partial charge in [0.15, 0.2) is 5.75 Å². The third-order valence-corrected chi connectivity index (χ3v) is 4.97. The quantitative estimate of drug-likeness (QED) is 0.853. The van der Waals surface area contributed by atoms with Crippen molar-refractivity contribution in [3.8, 4) is 5.75 Å². The van der Waals surface area contributed by atoms with Gasteiger partial charge in [0.2, 0.25) is 0 Å². The lowest BCUT2D eigenvalue weighted by Crippen LogP contribution is -2.44. The van der Waals surface area contributed by atoms with Gasteiger partial charge < -0.3 is 19.4 Å². The summed E-state index contributed by atoms with van der Waals surface area (Å²) >= 11 is 0. The van der Waals surface area contributed by atoms with Crippen molar-refractivity contribution in [2.75, 3.05) is 43.0 Å². The molecular formula is C21H25N3O. The zero-order chi connectivity index (χ0) is 17.2. The molecule has 0 bridgehead atoms. The molecule has 4 rings (SSSR count). The average molecular weight is 335 g/mol. The summed E-state index contributed by atoms with van der Waals surface area (Å²) in [5.41, 5.74) is 4.93. The Balaban J connectivity index is 1.66. The zero-order valence-electron chi connectivity index (χ0n) is 15.0. The van der Waals surface area contributed by atoms with Gasteiger partial charge in [-0.25, -0.2) is 0 Å². The van der Waals surface area contributed by atoms with Crippen LogP contribution in [0.25, 0.3) is 0 Å². The predicted molar refractivity (Wildman–Crippen MR) is 103 cm³/mol. The van der Waals surface area contributed by atoms with E-state index in [0.717, 1.165) is 44.2 Å². The fourth-order valence-electron chi connectivity index (χ4n) is 3.52. The summed E-state index contributed by atoms with van der Waals surface area (Å²) in [5.74, 6) is 0.980. The maximum Gasteiger partial charge on any atom is 0.173 e. The fraction of sp³-hybridized carbons (Fsp3) is 0.333. The highest BCUT2D eigenvalue weighted by molar-refractivity contribution is 5.76. The number of hydrogen-bond donors (Lipinski definition) is 0. The SMILES string of the molecule is Cc1cc2c(c(N3CCN(C)CC3)c1)OC=CN2Cc1ccccc1. The molecule has 2 aromatic carbocycles. The van der Waals surface area contributed by atoms with Gasteiger partial charge in [0.25, 0.3) is 0 Å². The zero-order valence-corrected chi connectivity index (χ0v) is 15.0. The number of rotatable bonds is 3. The van der Waals surface area contributed by atoms with Gasteiger partial charge in [0, 0.05) is 38.9 Å². The fourth-order valence-corrected chi connectivity index (χ4v) is 3.52. The highest BCUT2D eigenvalue weighted by Gasteiger charge is 2.24. The smallest absolute Gasteiger partial charge is 0.173 e. The molecule has 2 aliphatic heterocycles. The molecule has 0 unspecified atom stereocenters. The molecule has 1 fully saturated rings. The van der Waals surface area contributed by atoms with Gasteiger partial charge in [-0.3, -0.25) is 0 Å². The maximum atomic E-state index is 5.98. The molecule has 0 N–H and O–H groups in total. The third kappa shape index (κ3) is 3.35. The Hall–Kier alpha value is -2.46. The second-order valence-electron chi connectivity index (χ2n) is 6.94. The number of anilines is 2. The van der Waals surface area contributed by atoms with Crippen LogP contribution in [0.1, 0.15) is 11.1 Å². The van der Waals surface area contributed by atoms with E-state index in [2.05, 4.69) is 71.1 Å². The van der Waals surface area contributed by atoms with Crippen LogP contribution in [0.5, 0.6) is 5.75 Å². The molecule has 0 aliphatic carbocycles. The van der Waals surface area contributed by atoms with Crippen LogP contribution >= 0.6 is 0 Å². The lowest BCUT2D eigenvalue weighted by Gasteiger charge is -2.37. The van der Waals surface area contributed by atoms with E-state index in [1.807, 2.05) is 6.20 Å². The van der Waals surface area contributed by atoms with Crippen molar-refractivity contribution in [3.63, 3.8) is 0 Å². The second-order valence-corrected chi connectivity index (χ2v) is 6.94. The standard InChI is InChI=1S/C21H25N3O/c1-17-14-19(23-10-8-22(2)9-11-23)21-20(15-17)24(12-13-25-21)16-18-6-4-3-5-7-18/h3-7,12-15H,8-11,16H2,1-2H3. The number of benzene rings is 2. The molecule has 2 aromatic rings. The van der Waals surface area contributed by atoms with Crippen LogP contribution in [-0.2, 0) is 6.54 Å². The van der Waals surface area contributed by atoms with Crippen LogP contribution in [-0.4, -0.2) is 38.1 Å². The highest BCUT2D eigenvalue weighted by atomic mass is 16.5. The first kappa shape index (κ1) is 16.0. The molecule has 2 heterocycles. The Morgan fingerprint density at radius 1 is 0.960 bits per heavy atom. The number of nitrogens with zero attached hydrogens (tertiary/aromatic N) is 3. The summed E-state index contributed by atoms with van der Waals surface area (Å²) in [6.07, 6.45) is 3.84. The molecule has 0 aromatic heterocycles. The minimum Gasteiger partial charge on any atom is -0.459 e. The van der Waals surface area contributed by atoms with Crippen LogP contribution in [0.15, 0.2) is 54.9 Å². The lowest BCUT2D eigenvalue weighted by molar-refractivity contribution is 0.311. The summed E-state index contributed by atoms with van der Waals surface area (Å²) in [7, 11) is 2.18. The molecule has 0 radical (unpaired) electrons. The van der Waals surface area contributed by atoms with E-state index in [0.29, 0.717) is 0 Å². The van der Waals surface area contributed by atoms with Crippen molar-refractivity contribution < 1.29 is 4.74 Å². The van der Waals surface area contributed by atoms with Crippen LogP contribution in [0.3, 0.4) is 0 Å². The molecule has 4 heteroatoms. The van der Waals surface area contributed by atoms with Crippen LogP contribution in [0.4, 0.5) is 11.4 Å². The molecule has 25 heavy (non-hydrogen) atoms. The monoisotopic (exact) mass is 335 g/mol. The molecule has 0 saturated carbocycles. The van der Waals surface area contributed by atoms with Gasteiger partial charge in [-0.1, -0.05) is 30.3 Å². The number of hydrogen-bond acceptors (Lipinski definition) is 4. The van der Waals surface area contributed by atoms with Crippen molar-refractivity contribution >= 4 is 11.4 Å². The molecule has 4 nitrogen and oxygen atoms in total. The van der Waals surface area contributed by atoms with Crippen molar-refractivity contribution in [3.05, 3.63) is 66.1 Å². The van der Waals surface area contributed by atoms with Gasteiger partial charge >= 0.3 is 0 Å². The Morgan fingerprint density at radius 3 is 2.44 bits per heavy atom. The van der Waals surface area contributed by atoms with Gasteiger partial charge in [-0.15, -0.1) is 0 Å². The molecule has 2 aliphatic rings. The molecule has 0 spiro atoms. The van der Waals surface area contributed by atoms with E-state index in [4.69, 9.17) is 4.74 Å². The Morgan fingerprint density at radius 2 is 1.68 bits per heavy atom. The summed E-state index contributed by atoms with van der Waals surface area (Å²) < 4.78 is 5.98. The summed E-state index contributed by atoms with van der Waals surface area (Å²) in [5, 5.41) is 0. The summed E-state index contributed by atoms with van der Waals surface area (Å²) in [4.78, 5) is 7.10. The number of likely N-dealkylation sites (N-methyl/N-ethyl adjacent to an activating group) is 1. The first-order valence-electron chi connectivity index (χ1n) is 8.93. The summed E-state index contributed by atoms with van der Waals surface area (Å²) in [6, 6.07) is 15.0. The van der Waals surface area contributed by atoms with Crippen LogP contribution in [0, 0.1) is 6.92 Å². The molecule has 0 amide bonds. The van der Waals surface area contributed by atoms with Crippen LogP contribution < -0.4 is 14.5 Å². The van der Waals surface area contributed by atoms with E-state index in [1.165, 1.54) is 16.8 Å². The largest absolute Gasteiger partial charge is 0.459 e. The first-order valence-corrected chi connectivity index (χ1v) is 8.93. The van der Waals surface area contributed by atoms with Crippen molar-refractivity contribution in [2.45, 2.75) is 13.5 Å². The van der Waals surface area contributed by atoms with Crippen molar-refractivity contribution in [1.29, 1.82) is 0 Å². The Bertz CT molecular complexity index is 764. The van der Waals surface area contributed by atoms with E-state index in [9.17, 15) is 0 Å². The normalized spacial score (nSPS) is 17.4. The molecule has 0 atom stereocenters. The van der Waals surface area contributed by atoms with Gasteiger partial charge in [-0.05, 0) is 37.2 Å². The second kappa shape index (κ2) is 6.81. The Kier molecular flexibility index (Phi) is 4.36.